The Morgan fingerprint density at radius 1 is 1.12 bits per heavy atom. The van der Waals surface area contributed by atoms with E-state index in [9.17, 15) is 4.79 Å². The second-order valence-corrected chi connectivity index (χ2v) is 7.47. The maximum absolute atomic E-state index is 12.2. The monoisotopic (exact) mass is 357 g/mol. The molecule has 0 aromatic heterocycles. The van der Waals surface area contributed by atoms with Crippen LogP contribution in [0.25, 0.3) is 0 Å². The highest BCUT2D eigenvalue weighted by Gasteiger charge is 2.15. The summed E-state index contributed by atoms with van der Waals surface area (Å²) in [4.78, 5) is 12.2. The maximum Gasteiger partial charge on any atom is 0.260 e. The number of nitrogens with one attached hydrogen (secondary N) is 1. The van der Waals surface area contributed by atoms with Gasteiger partial charge in [-0.3, -0.25) is 4.79 Å². The van der Waals surface area contributed by atoms with Crippen LogP contribution in [0, 0.1) is 20.8 Å². The number of carbonyl (C=O) groups is 1. The Labute approximate surface area is 155 Å². The van der Waals surface area contributed by atoms with Crippen molar-refractivity contribution in [3.8, 4) is 5.75 Å². The van der Waals surface area contributed by atoms with E-state index in [2.05, 4.69) is 42.6 Å². The fourth-order valence-corrected chi connectivity index (χ4v) is 3.36. The van der Waals surface area contributed by atoms with Gasteiger partial charge in [0, 0.05) is 18.1 Å². The Morgan fingerprint density at radius 2 is 1.88 bits per heavy atom. The summed E-state index contributed by atoms with van der Waals surface area (Å²) in [6.45, 7) is 8.58. The highest BCUT2D eigenvalue weighted by atomic mass is 32.2. The fraction of sp³-hybridized carbons (Fsp3) is 0.381. The van der Waals surface area contributed by atoms with Crippen molar-refractivity contribution < 1.29 is 9.53 Å². The van der Waals surface area contributed by atoms with Gasteiger partial charge in [0.05, 0.1) is 0 Å². The molecule has 4 heteroatoms. The Hall–Kier alpha value is -1.94. The second kappa shape index (κ2) is 9.52. The number of aryl methyl sites for hydroxylation is 3. The largest absolute Gasteiger partial charge is 0.481 e. The van der Waals surface area contributed by atoms with E-state index in [-0.39, 0.29) is 5.91 Å². The van der Waals surface area contributed by atoms with Crippen LogP contribution in [0.1, 0.15) is 29.2 Å². The molecule has 0 spiro atoms. The predicted octanol–water partition coefficient (Wildman–Crippen LogP) is 4.43. The lowest BCUT2D eigenvalue weighted by Gasteiger charge is -2.16. The molecule has 0 saturated heterocycles. The minimum absolute atomic E-state index is 0.0730. The third-order valence-corrected chi connectivity index (χ3v) is 4.93. The van der Waals surface area contributed by atoms with Crippen LogP contribution in [0.15, 0.2) is 42.5 Å². The summed E-state index contributed by atoms with van der Waals surface area (Å²) in [6.07, 6.45) is -0.497. The maximum atomic E-state index is 12.2. The number of ether oxygens (including phenoxy) is 1. The van der Waals surface area contributed by atoms with Gasteiger partial charge in [-0.05, 0) is 44.9 Å². The highest BCUT2D eigenvalue weighted by molar-refractivity contribution is 7.98. The molecule has 0 aliphatic rings. The lowest BCUT2D eigenvalue weighted by molar-refractivity contribution is -0.127. The number of hydrogen-bond donors (Lipinski definition) is 1. The molecule has 0 aliphatic carbocycles. The van der Waals surface area contributed by atoms with Gasteiger partial charge in [-0.25, -0.2) is 0 Å². The Balaban J connectivity index is 1.69. The minimum Gasteiger partial charge on any atom is -0.481 e. The molecule has 0 bridgehead atoms. The van der Waals surface area contributed by atoms with Crippen molar-refractivity contribution >= 4 is 17.7 Å². The Morgan fingerprint density at radius 3 is 2.60 bits per heavy atom. The number of carbonyl (C=O) groups excluding carboxylic acids is 1. The first-order chi connectivity index (χ1) is 12.0. The van der Waals surface area contributed by atoms with Gasteiger partial charge >= 0.3 is 0 Å². The summed E-state index contributed by atoms with van der Waals surface area (Å²) in [5, 5.41) is 2.95. The summed E-state index contributed by atoms with van der Waals surface area (Å²) < 4.78 is 5.78. The van der Waals surface area contributed by atoms with E-state index in [4.69, 9.17) is 4.74 Å². The number of thioether (sulfide) groups is 1. The van der Waals surface area contributed by atoms with E-state index in [1.54, 1.807) is 6.92 Å². The molecular weight excluding hydrogens is 330 g/mol. The fourth-order valence-electron chi connectivity index (χ4n) is 2.56. The average Bonchev–Trinajstić information content (AvgIpc) is 2.57. The molecule has 0 unspecified atom stereocenters. The van der Waals surface area contributed by atoms with E-state index in [1.165, 1.54) is 16.7 Å². The van der Waals surface area contributed by atoms with Gasteiger partial charge in [0.15, 0.2) is 6.10 Å². The van der Waals surface area contributed by atoms with Crippen molar-refractivity contribution in [3.63, 3.8) is 0 Å². The summed E-state index contributed by atoms with van der Waals surface area (Å²) in [7, 11) is 0. The number of amides is 1. The van der Waals surface area contributed by atoms with Crippen LogP contribution in [0.5, 0.6) is 5.75 Å². The smallest absolute Gasteiger partial charge is 0.260 e. The first-order valence-electron chi connectivity index (χ1n) is 8.60. The van der Waals surface area contributed by atoms with Crippen LogP contribution in [0.4, 0.5) is 0 Å². The van der Waals surface area contributed by atoms with Crippen LogP contribution < -0.4 is 10.1 Å². The topological polar surface area (TPSA) is 38.3 Å². The minimum atomic E-state index is -0.497. The molecule has 2 aromatic rings. The summed E-state index contributed by atoms with van der Waals surface area (Å²) in [5.41, 5.74) is 4.84. The van der Waals surface area contributed by atoms with Crippen LogP contribution in [-0.4, -0.2) is 24.3 Å². The summed E-state index contributed by atoms with van der Waals surface area (Å²) >= 11 is 1.82. The SMILES string of the molecule is Cc1cccc(CSCCNC(=O)[C@@H](C)Oc2ccc(C)cc2C)c1. The van der Waals surface area contributed by atoms with E-state index < -0.39 is 6.10 Å². The molecule has 0 aliphatic heterocycles. The molecule has 0 heterocycles. The molecule has 0 radical (unpaired) electrons. The molecule has 0 saturated carbocycles. The van der Waals surface area contributed by atoms with Gasteiger partial charge in [-0.1, -0.05) is 47.5 Å². The highest BCUT2D eigenvalue weighted by Crippen LogP contribution is 2.20. The first kappa shape index (κ1) is 19.4. The first-order valence-corrected chi connectivity index (χ1v) is 9.76. The van der Waals surface area contributed by atoms with Crippen LogP contribution in [0.2, 0.25) is 0 Å². The van der Waals surface area contributed by atoms with Crippen molar-refractivity contribution in [3.05, 3.63) is 64.7 Å². The quantitative estimate of drug-likeness (QED) is 0.710. The van der Waals surface area contributed by atoms with Gasteiger partial charge in [-0.2, -0.15) is 11.8 Å². The zero-order valence-electron chi connectivity index (χ0n) is 15.5. The van der Waals surface area contributed by atoms with Crippen molar-refractivity contribution in [2.45, 2.75) is 39.6 Å². The molecule has 2 rings (SSSR count). The molecule has 1 N–H and O–H groups in total. The zero-order chi connectivity index (χ0) is 18.2. The van der Waals surface area contributed by atoms with Crippen LogP contribution in [-0.2, 0) is 10.5 Å². The number of rotatable bonds is 8. The molecule has 1 atom stereocenters. The van der Waals surface area contributed by atoms with Crippen LogP contribution >= 0.6 is 11.8 Å². The predicted molar refractivity (Wildman–Crippen MR) is 106 cm³/mol. The van der Waals surface area contributed by atoms with E-state index in [0.717, 1.165) is 22.8 Å². The normalized spacial score (nSPS) is 11.8. The summed E-state index contributed by atoms with van der Waals surface area (Å²) in [5.74, 6) is 2.54. The third kappa shape index (κ3) is 6.46. The van der Waals surface area contributed by atoms with E-state index in [0.29, 0.717) is 6.54 Å². The second-order valence-electron chi connectivity index (χ2n) is 6.36. The number of benzene rings is 2. The summed E-state index contributed by atoms with van der Waals surface area (Å²) in [6, 6.07) is 14.5. The average molecular weight is 358 g/mol. The molecular formula is C21H27NO2S. The molecule has 2 aromatic carbocycles. The third-order valence-electron chi connectivity index (χ3n) is 3.90. The van der Waals surface area contributed by atoms with Crippen molar-refractivity contribution in [2.24, 2.45) is 0 Å². The van der Waals surface area contributed by atoms with Crippen molar-refractivity contribution in [1.82, 2.24) is 5.32 Å². The van der Waals surface area contributed by atoms with Crippen molar-refractivity contribution in [1.29, 1.82) is 0 Å². The van der Waals surface area contributed by atoms with Crippen molar-refractivity contribution in [2.75, 3.05) is 12.3 Å². The van der Waals surface area contributed by atoms with E-state index in [1.807, 2.05) is 37.7 Å². The van der Waals surface area contributed by atoms with Gasteiger partial charge in [0.2, 0.25) is 0 Å². The molecule has 0 fully saturated rings. The van der Waals surface area contributed by atoms with E-state index >= 15 is 0 Å². The molecule has 3 nitrogen and oxygen atoms in total. The Kier molecular flexibility index (Phi) is 7.38. The molecule has 134 valence electrons. The lowest BCUT2D eigenvalue weighted by atomic mass is 10.1. The lowest BCUT2D eigenvalue weighted by Crippen LogP contribution is -2.37. The molecule has 1 amide bonds. The van der Waals surface area contributed by atoms with Gasteiger partial charge in [0.25, 0.3) is 5.91 Å². The molecule has 25 heavy (non-hydrogen) atoms. The van der Waals surface area contributed by atoms with Gasteiger partial charge < -0.3 is 10.1 Å². The number of hydrogen-bond acceptors (Lipinski definition) is 3. The van der Waals surface area contributed by atoms with Crippen LogP contribution in [0.3, 0.4) is 0 Å². The Bertz CT molecular complexity index is 715. The van der Waals surface area contributed by atoms with Gasteiger partial charge in [0.1, 0.15) is 5.75 Å². The zero-order valence-corrected chi connectivity index (χ0v) is 16.3. The van der Waals surface area contributed by atoms with Gasteiger partial charge in [-0.15, -0.1) is 0 Å². The standard InChI is InChI=1S/C21H27NO2S/c1-15-6-5-7-19(13-15)14-25-11-10-22-21(23)18(4)24-20-9-8-16(2)12-17(20)3/h5-9,12-13,18H,10-11,14H2,1-4H3,(H,22,23)/t18-/m1/s1.